The number of carbonyl (C=O) groups excluding carboxylic acids is 1. The molecule has 140 valence electrons. The topological polar surface area (TPSA) is 91.0 Å². The summed E-state index contributed by atoms with van der Waals surface area (Å²) in [7, 11) is 0. The Labute approximate surface area is 152 Å². The normalized spacial score (nSPS) is 18.4. The summed E-state index contributed by atoms with van der Waals surface area (Å²) < 4.78 is 9.33. The van der Waals surface area contributed by atoms with Crippen molar-refractivity contribution in [2.75, 3.05) is 26.3 Å². The first-order valence-corrected chi connectivity index (χ1v) is 9.38. The van der Waals surface area contributed by atoms with Gasteiger partial charge in [0.15, 0.2) is 5.82 Å². The zero-order chi connectivity index (χ0) is 17.9. The number of aromatic nitrogens is 6. The van der Waals surface area contributed by atoms with Crippen molar-refractivity contribution in [2.24, 2.45) is 0 Å². The number of likely N-dealkylation sites (tertiary alicyclic amines) is 1. The first-order valence-electron chi connectivity index (χ1n) is 9.38. The highest BCUT2D eigenvalue weighted by Gasteiger charge is 2.34. The smallest absolute Gasteiger partial charge is 0.248 e. The van der Waals surface area contributed by atoms with Gasteiger partial charge in [-0.25, -0.2) is 9.67 Å². The number of piperidine rings is 1. The minimum Gasteiger partial charge on any atom is -0.372 e. The van der Waals surface area contributed by atoms with Crippen LogP contribution in [0.25, 0.3) is 0 Å². The van der Waals surface area contributed by atoms with Gasteiger partial charge in [0.1, 0.15) is 31.6 Å². The van der Waals surface area contributed by atoms with E-state index in [1.165, 1.54) is 19.2 Å². The molecule has 1 aliphatic carbocycles. The molecule has 3 heterocycles. The summed E-state index contributed by atoms with van der Waals surface area (Å²) in [6.07, 6.45) is 7.45. The Bertz CT molecular complexity index is 730. The van der Waals surface area contributed by atoms with Gasteiger partial charge in [0.2, 0.25) is 5.91 Å². The van der Waals surface area contributed by atoms with E-state index in [0.29, 0.717) is 25.1 Å². The quantitative estimate of drug-likeness (QED) is 0.732. The van der Waals surface area contributed by atoms with E-state index < -0.39 is 0 Å². The van der Waals surface area contributed by atoms with E-state index in [2.05, 4.69) is 24.8 Å². The average Bonchev–Trinajstić information content (AvgIpc) is 3.21. The van der Waals surface area contributed by atoms with Gasteiger partial charge >= 0.3 is 0 Å². The number of amides is 1. The molecule has 0 bridgehead atoms. The summed E-state index contributed by atoms with van der Waals surface area (Å²) in [5.74, 6) is 2.45. The molecule has 2 aromatic heterocycles. The molecule has 0 N–H and O–H groups in total. The van der Waals surface area contributed by atoms with Crippen molar-refractivity contribution >= 4 is 5.91 Å². The summed E-state index contributed by atoms with van der Waals surface area (Å²) in [5, 5.41) is 13.1. The van der Waals surface area contributed by atoms with Crippen LogP contribution in [0.2, 0.25) is 0 Å². The Morgan fingerprint density at radius 2 is 2.04 bits per heavy atom. The Morgan fingerprint density at radius 1 is 1.23 bits per heavy atom. The van der Waals surface area contributed by atoms with Gasteiger partial charge in [0.05, 0.1) is 0 Å². The lowest BCUT2D eigenvalue weighted by atomic mass is 9.95. The third-order valence-electron chi connectivity index (χ3n) is 5.12. The number of ether oxygens (including phenoxy) is 1. The van der Waals surface area contributed by atoms with Gasteiger partial charge in [0, 0.05) is 31.7 Å². The van der Waals surface area contributed by atoms with Gasteiger partial charge in [-0.2, -0.15) is 5.10 Å². The molecule has 1 saturated carbocycles. The molecule has 0 spiro atoms. The van der Waals surface area contributed by atoms with Crippen LogP contribution >= 0.6 is 0 Å². The van der Waals surface area contributed by atoms with Crippen LogP contribution in [0.4, 0.5) is 0 Å². The third-order valence-corrected chi connectivity index (χ3v) is 5.12. The largest absolute Gasteiger partial charge is 0.372 e. The molecule has 2 aliphatic rings. The minimum absolute atomic E-state index is 0.0841. The van der Waals surface area contributed by atoms with E-state index in [-0.39, 0.29) is 12.5 Å². The lowest BCUT2D eigenvalue weighted by Crippen LogP contribution is -2.40. The molecule has 0 unspecified atom stereocenters. The molecule has 4 rings (SSSR count). The van der Waals surface area contributed by atoms with E-state index >= 15 is 0 Å². The number of carbonyl (C=O) groups is 1. The van der Waals surface area contributed by atoms with E-state index in [0.717, 1.165) is 37.6 Å². The molecule has 0 aromatic carbocycles. The Kier molecular flexibility index (Phi) is 4.96. The summed E-state index contributed by atoms with van der Waals surface area (Å²) >= 11 is 0. The number of rotatable bonds is 7. The van der Waals surface area contributed by atoms with Crippen LogP contribution in [0.3, 0.4) is 0 Å². The van der Waals surface area contributed by atoms with Crippen LogP contribution in [0.5, 0.6) is 0 Å². The first kappa shape index (κ1) is 17.1. The fourth-order valence-corrected chi connectivity index (χ4v) is 3.58. The monoisotopic (exact) mass is 359 g/mol. The van der Waals surface area contributed by atoms with E-state index in [9.17, 15) is 4.79 Å². The third kappa shape index (κ3) is 3.62. The molecule has 1 saturated heterocycles. The zero-order valence-corrected chi connectivity index (χ0v) is 15.1. The molecule has 0 radical (unpaired) electrons. The first-order chi connectivity index (χ1) is 12.8. The summed E-state index contributed by atoms with van der Waals surface area (Å²) in [6.45, 7) is 4.76. The summed E-state index contributed by atoms with van der Waals surface area (Å²) in [6, 6.07) is 0.510. The Hall–Kier alpha value is -2.29. The van der Waals surface area contributed by atoms with Crippen LogP contribution in [0, 0.1) is 0 Å². The maximum atomic E-state index is 12.1. The minimum atomic E-state index is 0.0841. The highest BCUT2D eigenvalue weighted by atomic mass is 16.5. The average molecular weight is 359 g/mol. The van der Waals surface area contributed by atoms with Crippen molar-refractivity contribution in [1.82, 2.24) is 34.4 Å². The van der Waals surface area contributed by atoms with Crippen molar-refractivity contribution in [3.63, 3.8) is 0 Å². The fraction of sp³-hybridized carbons (Fsp3) is 0.706. The van der Waals surface area contributed by atoms with Gasteiger partial charge in [-0.15, -0.1) is 10.2 Å². The van der Waals surface area contributed by atoms with Crippen LogP contribution in [0.1, 0.15) is 56.2 Å². The van der Waals surface area contributed by atoms with Gasteiger partial charge in [-0.3, -0.25) is 4.79 Å². The number of nitrogens with zero attached hydrogens (tertiary/aromatic N) is 7. The number of hydrogen-bond donors (Lipinski definition) is 0. The summed E-state index contributed by atoms with van der Waals surface area (Å²) in [5.41, 5.74) is 0. The van der Waals surface area contributed by atoms with Gasteiger partial charge in [-0.05, 0) is 32.6 Å². The lowest BCUT2D eigenvalue weighted by molar-refractivity contribution is -0.137. The molecule has 1 amide bonds. The molecule has 26 heavy (non-hydrogen) atoms. The van der Waals surface area contributed by atoms with Crippen LogP contribution in [-0.2, 0) is 16.1 Å². The van der Waals surface area contributed by atoms with Crippen molar-refractivity contribution in [3.05, 3.63) is 24.3 Å². The predicted molar refractivity (Wildman–Crippen MR) is 92.5 cm³/mol. The van der Waals surface area contributed by atoms with Crippen molar-refractivity contribution in [3.8, 4) is 0 Å². The van der Waals surface area contributed by atoms with Crippen LogP contribution < -0.4 is 0 Å². The highest BCUT2D eigenvalue weighted by molar-refractivity contribution is 5.77. The second kappa shape index (κ2) is 7.53. The summed E-state index contributed by atoms with van der Waals surface area (Å²) in [4.78, 5) is 18.0. The maximum absolute atomic E-state index is 12.1. The Balaban J connectivity index is 1.44. The zero-order valence-electron chi connectivity index (χ0n) is 15.1. The lowest BCUT2D eigenvalue weighted by Gasteiger charge is -2.31. The number of hydrogen-bond acceptors (Lipinski definition) is 6. The maximum Gasteiger partial charge on any atom is 0.248 e. The van der Waals surface area contributed by atoms with Crippen LogP contribution in [0.15, 0.2) is 12.7 Å². The van der Waals surface area contributed by atoms with E-state index in [1.54, 1.807) is 11.0 Å². The van der Waals surface area contributed by atoms with Crippen molar-refractivity contribution < 1.29 is 9.53 Å². The predicted octanol–water partition coefficient (Wildman–Crippen LogP) is 0.995. The molecular weight excluding hydrogens is 334 g/mol. The van der Waals surface area contributed by atoms with E-state index in [4.69, 9.17) is 4.74 Å². The van der Waals surface area contributed by atoms with Crippen molar-refractivity contribution in [1.29, 1.82) is 0 Å². The molecule has 9 heteroatoms. The van der Waals surface area contributed by atoms with Gasteiger partial charge in [-0.1, -0.05) is 0 Å². The second-order valence-corrected chi connectivity index (χ2v) is 6.96. The Morgan fingerprint density at radius 3 is 2.69 bits per heavy atom. The van der Waals surface area contributed by atoms with Gasteiger partial charge < -0.3 is 14.2 Å². The molecule has 9 nitrogen and oxygen atoms in total. The highest BCUT2D eigenvalue weighted by Crippen LogP contribution is 2.39. The van der Waals surface area contributed by atoms with Gasteiger partial charge in [0.25, 0.3) is 0 Å². The molecule has 2 aromatic rings. The molecule has 2 fully saturated rings. The van der Waals surface area contributed by atoms with E-state index in [1.807, 2.05) is 11.8 Å². The standard InChI is InChI=1S/C17H25N7O2/c1-2-26-10-16(25)22-7-5-13(6-8-22)17-21-20-15(24(17)14-3-4-14)9-23-12-18-11-19-23/h11-14H,2-10H2,1H3. The molecular formula is C17H25N7O2. The van der Waals surface area contributed by atoms with Crippen LogP contribution in [-0.4, -0.2) is 66.6 Å². The molecule has 0 atom stereocenters. The second-order valence-electron chi connectivity index (χ2n) is 6.96. The molecule has 1 aliphatic heterocycles. The SMILES string of the molecule is CCOCC(=O)N1CCC(c2nnc(Cn3cncn3)n2C2CC2)CC1. The van der Waals surface area contributed by atoms with Crippen molar-refractivity contribution in [2.45, 2.75) is 51.1 Å². The fourth-order valence-electron chi connectivity index (χ4n) is 3.58.